The summed E-state index contributed by atoms with van der Waals surface area (Å²) in [6.07, 6.45) is 0.343. The van der Waals surface area contributed by atoms with E-state index in [4.69, 9.17) is 14.5 Å². The van der Waals surface area contributed by atoms with Crippen molar-refractivity contribution in [3.63, 3.8) is 0 Å². The molecule has 8 nitrogen and oxygen atoms in total. The summed E-state index contributed by atoms with van der Waals surface area (Å²) in [4.78, 5) is 34.6. The predicted molar refractivity (Wildman–Crippen MR) is 124 cm³/mol. The van der Waals surface area contributed by atoms with Gasteiger partial charge in [-0.3, -0.25) is 9.59 Å². The fourth-order valence-corrected chi connectivity index (χ4v) is 4.69. The van der Waals surface area contributed by atoms with Crippen molar-refractivity contribution >= 4 is 28.5 Å². The number of carbonyl (C=O) groups is 2. The topological polar surface area (TPSA) is 76.9 Å². The third kappa shape index (κ3) is 4.18. The Labute approximate surface area is 192 Å². The van der Waals surface area contributed by atoms with Crippen LogP contribution in [0.2, 0.25) is 0 Å². The van der Waals surface area contributed by atoms with E-state index in [0.717, 1.165) is 22.5 Å². The average molecular weight is 449 g/mol. The van der Waals surface area contributed by atoms with Gasteiger partial charge in [0.05, 0.1) is 36.5 Å². The Morgan fingerprint density at radius 1 is 1.12 bits per heavy atom. The van der Waals surface area contributed by atoms with E-state index >= 15 is 0 Å². The smallest absolute Gasteiger partial charge is 0.242 e. The molecule has 8 heteroatoms. The fraction of sp³-hybridized carbons (Fsp3) is 0.400. The Balaban J connectivity index is 1.46. The Kier molecular flexibility index (Phi) is 6.00. The highest BCUT2D eigenvalue weighted by Gasteiger charge is 2.36. The van der Waals surface area contributed by atoms with E-state index in [1.807, 2.05) is 64.9 Å². The number of rotatable bonds is 6. The predicted octanol–water partition coefficient (Wildman–Crippen LogP) is 2.81. The van der Waals surface area contributed by atoms with Crippen molar-refractivity contribution in [3.8, 4) is 5.75 Å². The van der Waals surface area contributed by atoms with Gasteiger partial charge in [0.2, 0.25) is 11.8 Å². The van der Waals surface area contributed by atoms with E-state index in [2.05, 4.69) is 0 Å². The molecule has 1 atom stereocenters. The molecule has 33 heavy (non-hydrogen) atoms. The van der Waals surface area contributed by atoms with Gasteiger partial charge in [-0.2, -0.15) is 0 Å². The number of benzene rings is 2. The fourth-order valence-electron chi connectivity index (χ4n) is 4.69. The van der Waals surface area contributed by atoms with Crippen molar-refractivity contribution in [2.24, 2.45) is 0 Å². The molecule has 0 spiro atoms. The third-order valence-electron chi connectivity index (χ3n) is 6.29. The molecule has 2 aromatic carbocycles. The van der Waals surface area contributed by atoms with Gasteiger partial charge in [-0.25, -0.2) is 4.98 Å². The van der Waals surface area contributed by atoms with Crippen LogP contribution in [-0.4, -0.2) is 65.7 Å². The first-order valence-corrected chi connectivity index (χ1v) is 11.5. The van der Waals surface area contributed by atoms with Crippen molar-refractivity contribution < 1.29 is 19.1 Å². The van der Waals surface area contributed by atoms with Crippen molar-refractivity contribution in [2.75, 3.05) is 44.4 Å². The molecule has 2 saturated heterocycles. The molecule has 5 rings (SSSR count). The number of imidazole rings is 1. The molecule has 3 aromatic rings. The molecule has 2 fully saturated rings. The molecule has 0 radical (unpaired) electrons. The summed E-state index contributed by atoms with van der Waals surface area (Å²) in [6, 6.07) is 15.4. The summed E-state index contributed by atoms with van der Waals surface area (Å²) in [7, 11) is 0. The molecular formula is C25H28N4O4. The summed E-state index contributed by atoms with van der Waals surface area (Å²) in [5, 5.41) is 0. The lowest BCUT2D eigenvalue weighted by molar-refractivity contribution is -0.135. The third-order valence-corrected chi connectivity index (χ3v) is 6.29. The molecule has 1 unspecified atom stereocenters. The van der Waals surface area contributed by atoms with Crippen LogP contribution in [0.4, 0.5) is 5.69 Å². The van der Waals surface area contributed by atoms with E-state index in [1.54, 1.807) is 4.90 Å². The summed E-state index contributed by atoms with van der Waals surface area (Å²) in [5.41, 5.74) is 2.52. The number of ether oxygens (including phenoxy) is 2. The van der Waals surface area contributed by atoms with Gasteiger partial charge in [-0.15, -0.1) is 0 Å². The van der Waals surface area contributed by atoms with Crippen molar-refractivity contribution in [3.05, 3.63) is 54.4 Å². The SMILES string of the molecule is CCOc1ccccc1N1CC(c2nc3ccccc3n2CC(=O)N2CCOCC2)CC1=O. The average Bonchev–Trinajstić information content (AvgIpc) is 3.41. The molecule has 0 N–H and O–H groups in total. The second kappa shape index (κ2) is 9.23. The molecule has 2 aliphatic rings. The minimum absolute atomic E-state index is 0.0327. The second-order valence-corrected chi connectivity index (χ2v) is 8.34. The highest BCUT2D eigenvalue weighted by molar-refractivity contribution is 5.98. The van der Waals surface area contributed by atoms with Crippen LogP contribution in [0.5, 0.6) is 5.75 Å². The van der Waals surface area contributed by atoms with E-state index in [9.17, 15) is 9.59 Å². The molecule has 3 heterocycles. The van der Waals surface area contributed by atoms with Gasteiger partial charge in [-0.05, 0) is 31.2 Å². The zero-order chi connectivity index (χ0) is 22.8. The molecule has 0 bridgehead atoms. The molecule has 172 valence electrons. The lowest BCUT2D eigenvalue weighted by atomic mass is 10.1. The molecule has 0 saturated carbocycles. The largest absolute Gasteiger partial charge is 0.492 e. The van der Waals surface area contributed by atoms with Gasteiger partial charge >= 0.3 is 0 Å². The standard InChI is InChI=1S/C25H28N4O4/c1-2-33-22-10-6-5-9-21(22)28-16-18(15-23(28)30)25-26-19-7-3-4-8-20(19)29(25)17-24(31)27-11-13-32-14-12-27/h3-10,18H,2,11-17H2,1H3. The van der Waals surface area contributed by atoms with Crippen LogP contribution in [0.15, 0.2) is 48.5 Å². The monoisotopic (exact) mass is 448 g/mol. The molecular weight excluding hydrogens is 420 g/mol. The maximum Gasteiger partial charge on any atom is 0.242 e. The summed E-state index contributed by atoms with van der Waals surface area (Å²) in [5.74, 6) is 1.44. The Morgan fingerprint density at radius 3 is 2.70 bits per heavy atom. The number of morpholine rings is 1. The van der Waals surface area contributed by atoms with Crippen LogP contribution < -0.4 is 9.64 Å². The number of anilines is 1. The summed E-state index contributed by atoms with van der Waals surface area (Å²) >= 11 is 0. The minimum Gasteiger partial charge on any atom is -0.492 e. The molecule has 2 amide bonds. The maximum absolute atomic E-state index is 13.1. The maximum atomic E-state index is 13.1. The number of amides is 2. The van der Waals surface area contributed by atoms with Crippen LogP contribution in [0.3, 0.4) is 0 Å². The normalized spacial score (nSPS) is 18.8. The van der Waals surface area contributed by atoms with E-state index in [-0.39, 0.29) is 24.3 Å². The Morgan fingerprint density at radius 2 is 1.88 bits per heavy atom. The number of nitrogens with zero attached hydrogens (tertiary/aromatic N) is 4. The van der Waals surface area contributed by atoms with Crippen molar-refractivity contribution in [1.29, 1.82) is 0 Å². The minimum atomic E-state index is -0.114. The zero-order valence-electron chi connectivity index (χ0n) is 18.8. The van der Waals surface area contributed by atoms with Gasteiger partial charge in [0, 0.05) is 32.0 Å². The van der Waals surface area contributed by atoms with Gasteiger partial charge in [0.1, 0.15) is 18.1 Å². The number of hydrogen-bond donors (Lipinski definition) is 0. The number of carbonyl (C=O) groups excluding carboxylic acids is 2. The molecule has 0 aliphatic carbocycles. The first-order valence-electron chi connectivity index (χ1n) is 11.5. The highest BCUT2D eigenvalue weighted by atomic mass is 16.5. The van der Waals surface area contributed by atoms with Gasteiger partial charge in [0.15, 0.2) is 0 Å². The number of fused-ring (bicyclic) bond motifs is 1. The lowest BCUT2D eigenvalue weighted by Gasteiger charge is -2.27. The van der Waals surface area contributed by atoms with E-state index in [1.165, 1.54) is 0 Å². The van der Waals surface area contributed by atoms with Crippen LogP contribution in [0.25, 0.3) is 11.0 Å². The quantitative estimate of drug-likeness (QED) is 0.580. The Hall–Kier alpha value is -3.39. The van der Waals surface area contributed by atoms with Crippen molar-refractivity contribution in [2.45, 2.75) is 25.8 Å². The summed E-state index contributed by atoms with van der Waals surface area (Å²) in [6.45, 7) is 5.49. The zero-order valence-corrected chi connectivity index (χ0v) is 18.8. The van der Waals surface area contributed by atoms with E-state index in [0.29, 0.717) is 51.6 Å². The van der Waals surface area contributed by atoms with Gasteiger partial charge in [0.25, 0.3) is 0 Å². The number of hydrogen-bond acceptors (Lipinski definition) is 5. The molecule has 2 aliphatic heterocycles. The first-order chi connectivity index (χ1) is 16.2. The number of aromatic nitrogens is 2. The van der Waals surface area contributed by atoms with Crippen LogP contribution in [-0.2, 0) is 20.9 Å². The van der Waals surface area contributed by atoms with Crippen molar-refractivity contribution in [1.82, 2.24) is 14.5 Å². The summed E-state index contributed by atoms with van der Waals surface area (Å²) < 4.78 is 13.1. The number of para-hydroxylation sites is 4. The molecule has 1 aromatic heterocycles. The van der Waals surface area contributed by atoms with Crippen LogP contribution >= 0.6 is 0 Å². The lowest BCUT2D eigenvalue weighted by Crippen LogP contribution is -2.42. The van der Waals surface area contributed by atoms with Gasteiger partial charge < -0.3 is 23.8 Å². The van der Waals surface area contributed by atoms with Crippen LogP contribution in [0.1, 0.15) is 25.1 Å². The van der Waals surface area contributed by atoms with Crippen LogP contribution in [0, 0.1) is 0 Å². The second-order valence-electron chi connectivity index (χ2n) is 8.34. The Bertz CT molecular complexity index is 1170. The van der Waals surface area contributed by atoms with Gasteiger partial charge in [-0.1, -0.05) is 24.3 Å². The first kappa shape index (κ1) is 21.5. The van der Waals surface area contributed by atoms with E-state index < -0.39 is 0 Å². The highest BCUT2D eigenvalue weighted by Crippen LogP contribution is 2.37.